The zero-order chi connectivity index (χ0) is 15.2. The molecule has 0 heterocycles. The van der Waals surface area contributed by atoms with Crippen molar-refractivity contribution in [2.75, 3.05) is 14.2 Å². The number of hydrogen-bond donors (Lipinski definition) is 1. The van der Waals surface area contributed by atoms with Crippen LogP contribution >= 0.6 is 0 Å². The molecule has 0 saturated heterocycles. The van der Waals surface area contributed by atoms with Gasteiger partial charge in [-0.2, -0.15) is 0 Å². The van der Waals surface area contributed by atoms with Gasteiger partial charge in [-0.25, -0.2) is 4.39 Å². The maximum atomic E-state index is 13.6. The highest BCUT2D eigenvalue weighted by atomic mass is 19.1. The number of benzene rings is 2. The van der Waals surface area contributed by atoms with E-state index in [1.807, 2.05) is 25.2 Å². The summed E-state index contributed by atoms with van der Waals surface area (Å²) in [6.07, 6.45) is 0. The summed E-state index contributed by atoms with van der Waals surface area (Å²) < 4.78 is 24.6. The Hall–Kier alpha value is -2.07. The van der Waals surface area contributed by atoms with Crippen LogP contribution in [0.25, 0.3) is 0 Å². The second-order valence-corrected chi connectivity index (χ2v) is 4.80. The van der Waals surface area contributed by atoms with Crippen LogP contribution in [0.4, 0.5) is 4.39 Å². The summed E-state index contributed by atoms with van der Waals surface area (Å²) in [6.45, 7) is 2.23. The maximum absolute atomic E-state index is 13.6. The summed E-state index contributed by atoms with van der Waals surface area (Å²) in [5.74, 6) is 0.982. The van der Waals surface area contributed by atoms with Gasteiger partial charge in [-0.05, 0) is 37.7 Å². The van der Waals surface area contributed by atoms with Crippen molar-refractivity contribution in [3.63, 3.8) is 0 Å². The highest BCUT2D eigenvalue weighted by molar-refractivity contribution is 5.44. The average Bonchev–Trinajstić information content (AvgIpc) is 2.53. The fourth-order valence-corrected chi connectivity index (χ4v) is 2.01. The van der Waals surface area contributed by atoms with Crippen molar-refractivity contribution >= 4 is 0 Å². The van der Waals surface area contributed by atoms with E-state index in [-0.39, 0.29) is 18.5 Å². The number of hydrogen-bond acceptors (Lipinski definition) is 3. The van der Waals surface area contributed by atoms with Crippen LogP contribution in [0.15, 0.2) is 42.5 Å². The molecule has 0 amide bonds. The first-order valence-corrected chi connectivity index (χ1v) is 6.87. The topological polar surface area (TPSA) is 30.5 Å². The molecular formula is C17H20FNO2. The van der Waals surface area contributed by atoms with Crippen molar-refractivity contribution in [1.82, 2.24) is 5.32 Å². The highest BCUT2D eigenvalue weighted by Crippen LogP contribution is 2.31. The van der Waals surface area contributed by atoms with Crippen LogP contribution in [0.3, 0.4) is 0 Å². The Balaban J connectivity index is 2.15. The molecule has 0 saturated carbocycles. The molecule has 0 aromatic heterocycles. The predicted octanol–water partition coefficient (Wildman–Crippen LogP) is 3.69. The van der Waals surface area contributed by atoms with E-state index in [1.165, 1.54) is 6.07 Å². The van der Waals surface area contributed by atoms with Gasteiger partial charge in [0.15, 0.2) is 11.5 Å². The largest absolute Gasteiger partial charge is 0.493 e. The first kappa shape index (κ1) is 15.3. The minimum Gasteiger partial charge on any atom is -0.493 e. The first-order valence-electron chi connectivity index (χ1n) is 6.87. The molecule has 3 nitrogen and oxygen atoms in total. The number of halogens is 1. The molecule has 1 N–H and O–H groups in total. The lowest BCUT2D eigenvalue weighted by Crippen LogP contribution is -2.12. The zero-order valence-electron chi connectivity index (χ0n) is 12.5. The second kappa shape index (κ2) is 7.09. The van der Waals surface area contributed by atoms with Crippen LogP contribution < -0.4 is 14.8 Å². The van der Waals surface area contributed by atoms with Gasteiger partial charge in [-0.15, -0.1) is 0 Å². The lowest BCUT2D eigenvalue weighted by atomic mass is 10.1. The summed E-state index contributed by atoms with van der Waals surface area (Å²) in [7, 11) is 3.50. The van der Waals surface area contributed by atoms with Gasteiger partial charge >= 0.3 is 0 Å². The molecule has 4 heteroatoms. The Morgan fingerprint density at radius 1 is 1.14 bits per heavy atom. The third-order valence-electron chi connectivity index (χ3n) is 3.46. The molecule has 1 unspecified atom stereocenters. The van der Waals surface area contributed by atoms with E-state index < -0.39 is 0 Å². The van der Waals surface area contributed by atoms with Gasteiger partial charge < -0.3 is 14.8 Å². The molecule has 1 atom stereocenters. The molecule has 2 aromatic carbocycles. The van der Waals surface area contributed by atoms with Gasteiger partial charge in [-0.1, -0.05) is 24.3 Å². The molecule has 2 rings (SSSR count). The molecular weight excluding hydrogens is 269 g/mol. The molecule has 0 bridgehead atoms. The van der Waals surface area contributed by atoms with Crippen molar-refractivity contribution in [2.24, 2.45) is 0 Å². The Kier molecular flexibility index (Phi) is 5.17. The fourth-order valence-electron chi connectivity index (χ4n) is 2.01. The SMILES string of the molecule is CNC(C)c1ccc(OCc2ccccc2F)c(OC)c1. The van der Waals surface area contributed by atoms with E-state index in [4.69, 9.17) is 9.47 Å². The summed E-state index contributed by atoms with van der Waals surface area (Å²) in [5.41, 5.74) is 1.62. The van der Waals surface area contributed by atoms with Crippen LogP contribution in [-0.2, 0) is 6.61 Å². The standard InChI is InChI=1S/C17H20FNO2/c1-12(19-2)13-8-9-16(17(10-13)20-3)21-11-14-6-4-5-7-15(14)18/h4-10,12,19H,11H2,1-3H3. The Morgan fingerprint density at radius 2 is 1.90 bits per heavy atom. The molecule has 112 valence electrons. The van der Waals surface area contributed by atoms with Crippen molar-refractivity contribution in [2.45, 2.75) is 19.6 Å². The summed E-state index contributed by atoms with van der Waals surface area (Å²) in [5, 5.41) is 3.17. The summed E-state index contributed by atoms with van der Waals surface area (Å²) in [4.78, 5) is 0. The van der Waals surface area contributed by atoms with E-state index in [2.05, 4.69) is 12.2 Å². The summed E-state index contributed by atoms with van der Waals surface area (Å²) >= 11 is 0. The Labute approximate surface area is 124 Å². The molecule has 0 aliphatic rings. The molecule has 0 radical (unpaired) electrons. The van der Waals surface area contributed by atoms with Crippen LogP contribution in [0.5, 0.6) is 11.5 Å². The number of methoxy groups -OCH3 is 1. The molecule has 21 heavy (non-hydrogen) atoms. The second-order valence-electron chi connectivity index (χ2n) is 4.80. The molecule has 0 aliphatic heterocycles. The minimum absolute atomic E-state index is 0.171. The molecule has 0 aliphatic carbocycles. The quantitative estimate of drug-likeness (QED) is 0.879. The Bertz CT molecular complexity index is 601. The van der Waals surface area contributed by atoms with Crippen molar-refractivity contribution in [3.05, 3.63) is 59.4 Å². The van der Waals surface area contributed by atoms with E-state index in [1.54, 1.807) is 25.3 Å². The molecule has 0 spiro atoms. The number of ether oxygens (including phenoxy) is 2. The highest BCUT2D eigenvalue weighted by Gasteiger charge is 2.10. The van der Waals surface area contributed by atoms with Crippen LogP contribution in [0.1, 0.15) is 24.1 Å². The summed E-state index contributed by atoms with van der Waals surface area (Å²) in [6, 6.07) is 12.6. The third-order valence-corrected chi connectivity index (χ3v) is 3.46. The van der Waals surface area contributed by atoms with E-state index in [9.17, 15) is 4.39 Å². The maximum Gasteiger partial charge on any atom is 0.161 e. The zero-order valence-corrected chi connectivity index (χ0v) is 12.5. The van der Waals surface area contributed by atoms with Crippen LogP contribution in [0, 0.1) is 5.82 Å². The lowest BCUT2D eigenvalue weighted by molar-refractivity contribution is 0.279. The average molecular weight is 289 g/mol. The smallest absolute Gasteiger partial charge is 0.161 e. The monoisotopic (exact) mass is 289 g/mol. The van der Waals surface area contributed by atoms with Crippen LogP contribution in [-0.4, -0.2) is 14.2 Å². The number of rotatable bonds is 6. The normalized spacial score (nSPS) is 12.0. The number of nitrogens with one attached hydrogen (secondary N) is 1. The molecule has 2 aromatic rings. The Morgan fingerprint density at radius 3 is 2.57 bits per heavy atom. The van der Waals surface area contributed by atoms with Crippen molar-refractivity contribution in [1.29, 1.82) is 0 Å². The lowest BCUT2D eigenvalue weighted by Gasteiger charge is -2.15. The first-order chi connectivity index (χ1) is 10.2. The van der Waals surface area contributed by atoms with Gasteiger partial charge in [0.1, 0.15) is 12.4 Å². The van der Waals surface area contributed by atoms with Gasteiger partial charge in [0.2, 0.25) is 0 Å². The van der Waals surface area contributed by atoms with Gasteiger partial charge in [0.05, 0.1) is 7.11 Å². The predicted molar refractivity (Wildman–Crippen MR) is 81.2 cm³/mol. The van der Waals surface area contributed by atoms with E-state index in [0.29, 0.717) is 17.1 Å². The van der Waals surface area contributed by atoms with Gasteiger partial charge in [-0.3, -0.25) is 0 Å². The van der Waals surface area contributed by atoms with Gasteiger partial charge in [0, 0.05) is 11.6 Å². The van der Waals surface area contributed by atoms with Crippen molar-refractivity contribution < 1.29 is 13.9 Å². The van der Waals surface area contributed by atoms with E-state index in [0.717, 1.165) is 5.56 Å². The minimum atomic E-state index is -0.267. The fraction of sp³-hybridized carbons (Fsp3) is 0.294. The van der Waals surface area contributed by atoms with E-state index >= 15 is 0 Å². The van der Waals surface area contributed by atoms with Crippen molar-refractivity contribution in [3.8, 4) is 11.5 Å². The third kappa shape index (κ3) is 3.73. The van der Waals surface area contributed by atoms with Gasteiger partial charge in [0.25, 0.3) is 0 Å². The molecule has 0 fully saturated rings. The van der Waals surface area contributed by atoms with Crippen LogP contribution in [0.2, 0.25) is 0 Å².